The predicted octanol–water partition coefficient (Wildman–Crippen LogP) is 5.09. The lowest BCUT2D eigenvalue weighted by Gasteiger charge is -2.45. The number of hydrogen-bond acceptors (Lipinski definition) is 1. The lowest BCUT2D eigenvalue weighted by Crippen LogP contribution is -2.71. The van der Waals surface area contributed by atoms with E-state index in [-0.39, 0.29) is 0 Å². The summed E-state index contributed by atoms with van der Waals surface area (Å²) in [5.74, 6) is 0.627. The van der Waals surface area contributed by atoms with E-state index in [9.17, 15) is 5.11 Å². The van der Waals surface area contributed by atoms with Crippen LogP contribution in [0.4, 0.5) is 0 Å². The lowest BCUT2D eigenvalue weighted by atomic mass is 9.87. The molecule has 2 heteroatoms. The first-order valence-corrected chi connectivity index (χ1v) is 13.0. The van der Waals surface area contributed by atoms with Crippen molar-refractivity contribution in [2.24, 2.45) is 5.92 Å². The molecule has 0 saturated heterocycles. The Morgan fingerprint density at radius 3 is 1.89 bits per heavy atom. The fraction of sp³-hybridized carbons (Fsp3) is 0.440. The van der Waals surface area contributed by atoms with Crippen LogP contribution in [0.2, 0.25) is 6.55 Å². The number of hydrogen-bond donors (Lipinski definition) is 1. The van der Waals surface area contributed by atoms with Gasteiger partial charge < -0.3 is 5.11 Å². The average molecular weight is 379 g/mol. The van der Waals surface area contributed by atoms with Crippen molar-refractivity contribution in [1.29, 1.82) is 0 Å². The minimum absolute atomic E-state index is 0.627. The summed E-state index contributed by atoms with van der Waals surface area (Å²) in [6, 6.07) is 21.4. The highest BCUT2D eigenvalue weighted by atomic mass is 28.3. The zero-order chi connectivity index (χ0) is 19.3. The third kappa shape index (κ3) is 3.83. The van der Waals surface area contributed by atoms with Crippen molar-refractivity contribution in [3.8, 4) is 0 Å². The van der Waals surface area contributed by atoms with E-state index < -0.39 is 13.3 Å². The third-order valence-corrected chi connectivity index (χ3v) is 12.2. The van der Waals surface area contributed by atoms with E-state index in [0.29, 0.717) is 5.92 Å². The van der Waals surface area contributed by atoms with Gasteiger partial charge in [0.15, 0.2) is 8.07 Å². The Bertz CT molecular complexity index is 707. The zero-order valence-corrected chi connectivity index (χ0v) is 18.1. The van der Waals surface area contributed by atoms with Gasteiger partial charge in [-0.2, -0.15) is 0 Å². The van der Waals surface area contributed by atoms with Crippen LogP contribution in [0, 0.1) is 5.92 Å². The standard InChI is InChI=1S/C25H34OSi/c1-4-25(26,21(2)20-22-14-8-5-9-15-22)27(3,23-16-10-6-11-17-23)24-18-12-7-13-19-24/h6-7,10-13,16-20,22,26H,4-5,8-9,14-15H2,1-3H3/b21-20+. The second kappa shape index (κ2) is 8.58. The fourth-order valence-electron chi connectivity index (χ4n) is 5.01. The van der Waals surface area contributed by atoms with Crippen molar-refractivity contribution in [1.82, 2.24) is 0 Å². The molecule has 0 bridgehead atoms. The predicted molar refractivity (Wildman–Crippen MR) is 119 cm³/mol. The smallest absolute Gasteiger partial charge is 0.154 e. The highest BCUT2D eigenvalue weighted by molar-refractivity contribution is 7.03. The van der Waals surface area contributed by atoms with Gasteiger partial charge in [0.25, 0.3) is 0 Å². The molecule has 0 amide bonds. The van der Waals surface area contributed by atoms with Crippen LogP contribution in [0.3, 0.4) is 0 Å². The van der Waals surface area contributed by atoms with Crippen LogP contribution in [0.15, 0.2) is 72.3 Å². The third-order valence-electron chi connectivity index (χ3n) is 6.83. The molecule has 1 atom stereocenters. The SMILES string of the molecule is CCC(O)(/C(C)=C/C1CCCCC1)[Si](C)(c1ccccc1)c1ccccc1. The summed E-state index contributed by atoms with van der Waals surface area (Å²) >= 11 is 0. The average Bonchev–Trinajstić information content (AvgIpc) is 2.74. The molecule has 1 saturated carbocycles. The first-order valence-electron chi connectivity index (χ1n) is 10.5. The van der Waals surface area contributed by atoms with Crippen LogP contribution in [0.25, 0.3) is 0 Å². The quantitative estimate of drug-likeness (QED) is 0.548. The second-order valence-electron chi connectivity index (χ2n) is 8.32. The van der Waals surface area contributed by atoms with Gasteiger partial charge in [0.2, 0.25) is 0 Å². The second-order valence-corrected chi connectivity index (χ2v) is 12.6. The maximum atomic E-state index is 12.2. The topological polar surface area (TPSA) is 20.2 Å². The number of aliphatic hydroxyl groups is 1. The molecule has 1 fully saturated rings. The Hall–Kier alpha value is -1.64. The van der Waals surface area contributed by atoms with Gasteiger partial charge in [-0.05, 0) is 37.7 Å². The summed E-state index contributed by atoms with van der Waals surface area (Å²) in [6.07, 6.45) is 9.71. The van der Waals surface area contributed by atoms with Crippen molar-refractivity contribution in [2.75, 3.05) is 0 Å². The van der Waals surface area contributed by atoms with Gasteiger partial charge in [-0.25, -0.2) is 0 Å². The summed E-state index contributed by atoms with van der Waals surface area (Å²) in [5, 5.41) is 14.1. The molecule has 1 aliphatic carbocycles. The van der Waals surface area contributed by atoms with E-state index in [0.717, 1.165) is 6.42 Å². The maximum Gasteiger partial charge on any atom is 0.154 e. The van der Waals surface area contributed by atoms with Gasteiger partial charge in [-0.15, -0.1) is 0 Å². The minimum atomic E-state index is -2.42. The summed E-state index contributed by atoms with van der Waals surface area (Å²) < 4.78 is 0. The van der Waals surface area contributed by atoms with E-state index in [1.54, 1.807) is 0 Å². The summed E-state index contributed by atoms with van der Waals surface area (Å²) in [4.78, 5) is 0. The van der Waals surface area contributed by atoms with Crippen LogP contribution < -0.4 is 10.4 Å². The van der Waals surface area contributed by atoms with Gasteiger partial charge in [-0.1, -0.05) is 110 Å². The molecule has 0 spiro atoms. The Morgan fingerprint density at radius 1 is 0.963 bits per heavy atom. The van der Waals surface area contributed by atoms with Gasteiger partial charge in [0.1, 0.15) is 0 Å². The van der Waals surface area contributed by atoms with E-state index in [2.05, 4.69) is 87.1 Å². The van der Waals surface area contributed by atoms with E-state index in [1.807, 2.05) is 0 Å². The molecule has 3 rings (SSSR count). The molecule has 1 aliphatic rings. The zero-order valence-electron chi connectivity index (χ0n) is 17.1. The highest BCUT2D eigenvalue weighted by Crippen LogP contribution is 2.35. The molecule has 1 nitrogen and oxygen atoms in total. The first-order chi connectivity index (χ1) is 13.0. The molecule has 2 aromatic rings. The molecule has 144 valence electrons. The van der Waals surface area contributed by atoms with Gasteiger partial charge in [0.05, 0.1) is 5.22 Å². The molecule has 2 aromatic carbocycles. The fourth-order valence-corrected chi connectivity index (χ4v) is 9.59. The summed E-state index contributed by atoms with van der Waals surface area (Å²) in [5.41, 5.74) is 1.18. The maximum absolute atomic E-state index is 12.2. The summed E-state index contributed by atoms with van der Waals surface area (Å²) in [6.45, 7) is 6.67. The molecule has 1 N–H and O–H groups in total. The molecular formula is C25H34OSi. The van der Waals surface area contributed by atoms with Crippen LogP contribution in [0.5, 0.6) is 0 Å². The lowest BCUT2D eigenvalue weighted by molar-refractivity contribution is 0.150. The molecule has 0 heterocycles. The van der Waals surface area contributed by atoms with Crippen molar-refractivity contribution >= 4 is 18.4 Å². The molecule has 0 radical (unpaired) electrons. The van der Waals surface area contributed by atoms with E-state index in [1.165, 1.54) is 48.1 Å². The number of rotatable bonds is 6. The normalized spacial score (nSPS) is 18.9. The van der Waals surface area contributed by atoms with Gasteiger partial charge >= 0.3 is 0 Å². The van der Waals surface area contributed by atoms with Crippen LogP contribution in [-0.4, -0.2) is 18.4 Å². The van der Waals surface area contributed by atoms with E-state index in [4.69, 9.17) is 0 Å². The Balaban J connectivity index is 2.12. The molecule has 27 heavy (non-hydrogen) atoms. The van der Waals surface area contributed by atoms with Crippen molar-refractivity contribution < 1.29 is 5.11 Å². The van der Waals surface area contributed by atoms with Gasteiger partial charge in [0, 0.05) is 0 Å². The summed E-state index contributed by atoms with van der Waals surface area (Å²) in [7, 11) is -2.42. The highest BCUT2D eigenvalue weighted by Gasteiger charge is 2.51. The van der Waals surface area contributed by atoms with Crippen molar-refractivity contribution in [3.63, 3.8) is 0 Å². The van der Waals surface area contributed by atoms with Crippen LogP contribution in [-0.2, 0) is 0 Å². The number of allylic oxidation sites excluding steroid dienone is 1. The first kappa shape index (κ1) is 20.1. The van der Waals surface area contributed by atoms with Crippen LogP contribution >= 0.6 is 0 Å². The minimum Gasteiger partial charge on any atom is -0.388 e. The monoisotopic (exact) mass is 378 g/mol. The largest absolute Gasteiger partial charge is 0.388 e. The Morgan fingerprint density at radius 2 is 1.44 bits per heavy atom. The molecular weight excluding hydrogens is 344 g/mol. The Kier molecular flexibility index (Phi) is 6.39. The molecule has 0 aliphatic heterocycles. The molecule has 1 unspecified atom stereocenters. The molecule has 0 aromatic heterocycles. The number of benzene rings is 2. The van der Waals surface area contributed by atoms with E-state index >= 15 is 0 Å². The Labute approximate surface area is 166 Å². The van der Waals surface area contributed by atoms with Gasteiger partial charge in [-0.3, -0.25) is 0 Å². The van der Waals surface area contributed by atoms with Crippen molar-refractivity contribution in [2.45, 2.75) is 64.1 Å². The van der Waals surface area contributed by atoms with Crippen LogP contribution in [0.1, 0.15) is 52.4 Å². The van der Waals surface area contributed by atoms with Crippen molar-refractivity contribution in [3.05, 3.63) is 72.3 Å².